The normalized spacial score (nSPS) is 22.9. The molecule has 272 valence electrons. The van der Waals surface area contributed by atoms with Crippen molar-refractivity contribution in [3.8, 4) is 11.1 Å². The van der Waals surface area contributed by atoms with E-state index in [0.29, 0.717) is 21.9 Å². The average molecular weight is 749 g/mol. The largest absolute Gasteiger partial charge is 0.416 e. The van der Waals surface area contributed by atoms with Crippen molar-refractivity contribution in [2.75, 3.05) is 33.2 Å². The molecule has 1 amide bonds. The molecule has 2 heterocycles. The van der Waals surface area contributed by atoms with E-state index in [4.69, 9.17) is 13.0 Å². The van der Waals surface area contributed by atoms with Crippen LogP contribution in [0.3, 0.4) is 0 Å². The average Bonchev–Trinajstić information content (AvgIpc) is 3.21. The van der Waals surface area contributed by atoms with E-state index in [-0.39, 0.29) is 32.5 Å². The number of aromatic nitrogens is 1. The standard InChI is InChI=1S/C40H38F5N3O3S/c1-51-22-21-46-19-17-32(18-20-46)47(24-27-9-11-28(12-10-27)29-13-15-31(16-14-29)40(43,44)45)37(50)25-48-35-8-3-2-6-33(35)36(49)23-38(48)52-26-30-5-4-7-34(41)39(30)42/h2-16,23,32H,17-22,24-26H2,1H3/i17D2,18D2,19D2,20D2,21D2,25D2,32D. The van der Waals surface area contributed by atoms with Gasteiger partial charge in [-0.15, -0.1) is 11.8 Å². The summed E-state index contributed by atoms with van der Waals surface area (Å²) in [6.45, 7) is -17.4. The van der Waals surface area contributed by atoms with E-state index in [1.807, 2.05) is 0 Å². The Labute approximate surface area is 321 Å². The summed E-state index contributed by atoms with van der Waals surface area (Å²) < 4.78 is 193. The van der Waals surface area contributed by atoms with Crippen molar-refractivity contribution < 1.29 is 49.3 Å². The minimum atomic E-state index is -4.64. The fourth-order valence-corrected chi connectivity index (χ4v) is 6.14. The van der Waals surface area contributed by atoms with Crippen LogP contribution in [0.15, 0.2) is 107 Å². The molecule has 6 rings (SSSR count). The summed E-state index contributed by atoms with van der Waals surface area (Å²) in [4.78, 5) is 28.3. The first kappa shape index (κ1) is 23.9. The van der Waals surface area contributed by atoms with E-state index in [9.17, 15) is 36.3 Å². The predicted molar refractivity (Wildman–Crippen MR) is 193 cm³/mol. The second kappa shape index (κ2) is 16.4. The molecule has 1 saturated heterocycles. The number of carbonyl (C=O) groups is 1. The van der Waals surface area contributed by atoms with Crippen LogP contribution in [0.25, 0.3) is 22.0 Å². The fraction of sp³-hybridized carbons (Fsp3) is 0.300. The summed E-state index contributed by atoms with van der Waals surface area (Å²) in [7, 11) is 0.957. The first-order valence-corrected chi connectivity index (χ1v) is 16.5. The lowest BCUT2D eigenvalue weighted by Gasteiger charge is -2.39. The fourth-order valence-electron chi connectivity index (χ4n) is 5.15. The third-order valence-electron chi connectivity index (χ3n) is 7.79. The lowest BCUT2D eigenvalue weighted by molar-refractivity contribution is -0.137. The van der Waals surface area contributed by atoms with E-state index in [2.05, 4.69) is 0 Å². The van der Waals surface area contributed by atoms with Gasteiger partial charge < -0.3 is 19.1 Å². The van der Waals surface area contributed by atoms with Crippen LogP contribution < -0.4 is 5.43 Å². The zero-order valence-electron chi connectivity index (χ0n) is 40.2. The highest BCUT2D eigenvalue weighted by atomic mass is 32.2. The van der Waals surface area contributed by atoms with Gasteiger partial charge >= 0.3 is 6.18 Å². The van der Waals surface area contributed by atoms with Gasteiger partial charge in [0.05, 0.1) is 26.8 Å². The van der Waals surface area contributed by atoms with Crippen molar-refractivity contribution in [1.82, 2.24) is 14.4 Å². The molecule has 5 aromatic rings. The van der Waals surface area contributed by atoms with Gasteiger partial charge in [-0.05, 0) is 59.8 Å². The maximum atomic E-state index is 15.3. The first-order valence-electron chi connectivity index (χ1n) is 22.0. The summed E-state index contributed by atoms with van der Waals surface area (Å²) in [5.74, 6) is -4.96. The quantitative estimate of drug-likeness (QED) is 0.0949. The minimum absolute atomic E-state index is 0.0490. The second-order valence-corrected chi connectivity index (χ2v) is 12.2. The van der Waals surface area contributed by atoms with E-state index < -0.39 is 108 Å². The van der Waals surface area contributed by atoms with Crippen LogP contribution in [0.1, 0.15) is 47.3 Å². The number of pyridine rings is 1. The number of piperidine rings is 1. The Morgan fingerprint density at radius 3 is 2.33 bits per heavy atom. The SMILES string of the molecule is [2H]C([2H])(COC)N1C([2H])([2H])C([2H])([2H])C([2H])(N(Cc2ccc(-c3ccc(C(F)(F)F)cc3)cc2)C(=O)C([2H])([2H])n2c(SCc3cccc(F)c3F)cc(=O)c3ccccc32)C([2H])([2H])C1([2H])[2H]. The number of amides is 1. The highest BCUT2D eigenvalue weighted by Crippen LogP contribution is 2.32. The summed E-state index contributed by atoms with van der Waals surface area (Å²) in [5, 5.41) is -0.599. The van der Waals surface area contributed by atoms with Gasteiger partial charge in [0.25, 0.3) is 0 Å². The lowest BCUT2D eigenvalue weighted by atomic mass is 10.00. The number of rotatable bonds is 12. The Hall–Kier alpha value is -4.52. The van der Waals surface area contributed by atoms with Crippen molar-refractivity contribution in [2.45, 2.75) is 48.8 Å². The molecule has 1 aromatic heterocycles. The number of para-hydroxylation sites is 1. The van der Waals surface area contributed by atoms with E-state index in [1.165, 1.54) is 60.7 Å². The molecule has 1 fully saturated rings. The molecule has 0 atom stereocenters. The molecule has 6 nitrogen and oxygen atoms in total. The molecule has 0 radical (unpaired) electrons. The van der Waals surface area contributed by atoms with Crippen molar-refractivity contribution in [3.63, 3.8) is 0 Å². The molecule has 0 saturated carbocycles. The number of methoxy groups -OCH3 is 1. The van der Waals surface area contributed by atoms with Crippen molar-refractivity contribution >= 4 is 28.6 Å². The Kier molecular flexibility index (Phi) is 7.56. The molecule has 0 spiro atoms. The Bertz CT molecular complexity index is 2640. The molecular weight excluding hydrogens is 698 g/mol. The Morgan fingerprint density at radius 2 is 1.65 bits per heavy atom. The molecule has 52 heavy (non-hydrogen) atoms. The number of ether oxygens (including phenoxy) is 1. The smallest absolute Gasteiger partial charge is 0.383 e. The molecule has 0 aliphatic carbocycles. The van der Waals surface area contributed by atoms with Gasteiger partial charge in [-0.3, -0.25) is 9.59 Å². The van der Waals surface area contributed by atoms with Crippen LogP contribution in [0.4, 0.5) is 22.0 Å². The van der Waals surface area contributed by atoms with Gasteiger partial charge in [0.15, 0.2) is 17.1 Å². The van der Waals surface area contributed by atoms with Crippen molar-refractivity contribution in [2.24, 2.45) is 0 Å². The van der Waals surface area contributed by atoms with Crippen molar-refractivity contribution in [3.05, 3.63) is 136 Å². The number of thioether (sulfide) groups is 1. The van der Waals surface area contributed by atoms with E-state index in [0.717, 1.165) is 43.5 Å². The maximum Gasteiger partial charge on any atom is 0.416 e. The summed E-state index contributed by atoms with van der Waals surface area (Å²) in [6.07, 6.45) is -13.0. The first-order chi connectivity index (χ1) is 29.9. The van der Waals surface area contributed by atoms with Crippen LogP contribution >= 0.6 is 11.8 Å². The second-order valence-electron chi connectivity index (χ2n) is 11.2. The zero-order valence-corrected chi connectivity index (χ0v) is 28.0. The van der Waals surface area contributed by atoms with Gasteiger partial charge in [0.1, 0.15) is 6.50 Å². The number of fused-ring (bicyclic) bond motifs is 1. The summed E-state index contributed by atoms with van der Waals surface area (Å²) in [5.41, 5.74) is -1.79. The van der Waals surface area contributed by atoms with Gasteiger partial charge in [0, 0.05) is 75.6 Å². The molecule has 0 N–H and O–H groups in total. The molecule has 1 aliphatic rings. The van der Waals surface area contributed by atoms with Crippen LogP contribution in [-0.4, -0.2) is 59.5 Å². The van der Waals surface area contributed by atoms with Crippen LogP contribution in [0.2, 0.25) is 0 Å². The number of halogens is 5. The Balaban J connectivity index is 1.57. The third kappa shape index (κ3) is 8.74. The molecular formula is C40H38F5N3O3S. The summed E-state index contributed by atoms with van der Waals surface area (Å²) >= 11 is 0.563. The number of benzene rings is 4. The molecule has 12 heteroatoms. The van der Waals surface area contributed by atoms with Gasteiger partial charge in [-0.2, -0.15) is 13.2 Å². The predicted octanol–water partition coefficient (Wildman–Crippen LogP) is 8.40. The number of likely N-dealkylation sites (tertiary alicyclic amines) is 1. The topological polar surface area (TPSA) is 54.8 Å². The van der Waals surface area contributed by atoms with Crippen LogP contribution in [0.5, 0.6) is 0 Å². The molecule has 4 aromatic carbocycles. The lowest BCUT2D eigenvalue weighted by Crippen LogP contribution is -2.48. The molecule has 1 aliphatic heterocycles. The van der Waals surface area contributed by atoms with Gasteiger partial charge in [-0.25, -0.2) is 8.78 Å². The number of nitrogens with zero attached hydrogens (tertiary/aromatic N) is 3. The van der Waals surface area contributed by atoms with Crippen LogP contribution in [0, 0.1) is 11.6 Å². The monoisotopic (exact) mass is 748 g/mol. The number of hydrogen-bond acceptors (Lipinski definition) is 5. The summed E-state index contributed by atoms with van der Waals surface area (Å²) in [6, 6.07) is 14.2. The van der Waals surface area contributed by atoms with Gasteiger partial charge in [0.2, 0.25) is 5.91 Å². The highest BCUT2D eigenvalue weighted by Gasteiger charge is 2.31. The Morgan fingerprint density at radius 1 is 0.981 bits per heavy atom. The number of carbonyl (C=O) groups excluding carboxylic acids is 1. The number of alkyl halides is 3. The van der Waals surface area contributed by atoms with Crippen molar-refractivity contribution in [1.29, 1.82) is 0 Å². The third-order valence-corrected chi connectivity index (χ3v) is 8.85. The van der Waals surface area contributed by atoms with E-state index in [1.54, 1.807) is 0 Å². The van der Waals surface area contributed by atoms with Crippen LogP contribution in [-0.2, 0) is 34.5 Å². The van der Waals surface area contributed by atoms with E-state index >= 15 is 4.79 Å². The zero-order chi connectivity index (χ0) is 48.5. The minimum Gasteiger partial charge on any atom is -0.383 e. The van der Waals surface area contributed by atoms with Gasteiger partial charge in [-0.1, -0.05) is 60.7 Å². The highest BCUT2D eigenvalue weighted by molar-refractivity contribution is 7.98. The molecule has 0 unspecified atom stereocenters. The maximum absolute atomic E-state index is 15.3. The number of hydrogen-bond donors (Lipinski definition) is 0. The molecule has 0 bridgehead atoms.